The van der Waals surface area contributed by atoms with Crippen molar-refractivity contribution in [2.75, 3.05) is 19.6 Å². The van der Waals surface area contributed by atoms with Gasteiger partial charge in [0, 0.05) is 51.0 Å². The van der Waals surface area contributed by atoms with Crippen molar-refractivity contribution in [3.8, 4) is 0 Å². The SMILES string of the molecule is CC(C)(C)OC(=O)N1CC(N2CCC3(C[C@H]4CC[C@@H](C3)N4C(=O)OCc3ccccc3)OC2=O)C1. The van der Waals surface area contributed by atoms with Crippen molar-refractivity contribution in [2.45, 2.75) is 88.8 Å². The number of piperidine rings is 1. The molecule has 0 aliphatic carbocycles. The molecule has 4 saturated heterocycles. The van der Waals surface area contributed by atoms with E-state index in [0.29, 0.717) is 32.5 Å². The van der Waals surface area contributed by atoms with Crippen LogP contribution in [-0.2, 0) is 20.8 Å². The number of rotatable bonds is 3. The molecule has 1 unspecified atom stereocenters. The standard InChI is InChI=1S/C26H35N3O6/c1-25(2,3)34-22(30)27-15-21(16-27)28-12-11-26(35-23(28)31)13-19-9-10-20(14-26)29(19)24(32)33-17-18-7-5-4-6-8-18/h4-8,19-21H,9-17H2,1-3H3/t19-,20+,26?. The maximum Gasteiger partial charge on any atom is 0.410 e. The van der Waals surface area contributed by atoms with Crippen LogP contribution >= 0.6 is 0 Å². The number of benzene rings is 1. The molecule has 5 rings (SSSR count). The fourth-order valence-electron chi connectivity index (χ4n) is 5.85. The first-order valence-electron chi connectivity index (χ1n) is 12.6. The molecule has 4 fully saturated rings. The molecule has 3 atom stereocenters. The summed E-state index contributed by atoms with van der Waals surface area (Å²) in [6.07, 6.45) is 2.90. The first-order chi connectivity index (χ1) is 16.6. The van der Waals surface area contributed by atoms with Gasteiger partial charge in [-0.25, -0.2) is 14.4 Å². The van der Waals surface area contributed by atoms with Crippen molar-refractivity contribution in [3.63, 3.8) is 0 Å². The number of nitrogens with zero attached hydrogens (tertiary/aromatic N) is 3. The van der Waals surface area contributed by atoms with E-state index in [4.69, 9.17) is 14.2 Å². The van der Waals surface area contributed by atoms with Crippen molar-refractivity contribution < 1.29 is 28.6 Å². The Morgan fingerprint density at radius 2 is 1.69 bits per heavy atom. The minimum Gasteiger partial charge on any atom is -0.445 e. The predicted octanol–water partition coefficient (Wildman–Crippen LogP) is 4.15. The zero-order valence-electron chi connectivity index (χ0n) is 20.8. The molecule has 9 nitrogen and oxygen atoms in total. The molecule has 4 heterocycles. The van der Waals surface area contributed by atoms with E-state index in [1.165, 1.54) is 0 Å². The molecule has 0 N–H and O–H groups in total. The van der Waals surface area contributed by atoms with Crippen molar-refractivity contribution in [3.05, 3.63) is 35.9 Å². The Kier molecular flexibility index (Phi) is 6.05. The Hall–Kier alpha value is -2.97. The highest BCUT2D eigenvalue weighted by Crippen LogP contribution is 2.46. The quantitative estimate of drug-likeness (QED) is 0.598. The van der Waals surface area contributed by atoms with E-state index in [1.54, 1.807) is 9.80 Å². The van der Waals surface area contributed by atoms with E-state index in [0.717, 1.165) is 24.8 Å². The lowest BCUT2D eigenvalue weighted by Gasteiger charge is -2.52. The molecule has 9 heteroatoms. The Bertz CT molecular complexity index is 957. The highest BCUT2D eigenvalue weighted by Gasteiger charge is 2.55. The third kappa shape index (κ3) is 4.90. The van der Waals surface area contributed by atoms with Crippen LogP contribution in [0.2, 0.25) is 0 Å². The van der Waals surface area contributed by atoms with Gasteiger partial charge in [0.25, 0.3) is 0 Å². The van der Waals surface area contributed by atoms with Crippen LogP contribution in [0.5, 0.6) is 0 Å². The lowest BCUT2D eigenvalue weighted by atomic mass is 9.82. The van der Waals surface area contributed by atoms with E-state index in [2.05, 4.69) is 0 Å². The number of amides is 3. The van der Waals surface area contributed by atoms with Gasteiger partial charge in [-0.1, -0.05) is 30.3 Å². The van der Waals surface area contributed by atoms with E-state index in [1.807, 2.05) is 56.0 Å². The highest BCUT2D eigenvalue weighted by molar-refractivity contribution is 5.73. The van der Waals surface area contributed by atoms with Crippen molar-refractivity contribution in [2.24, 2.45) is 0 Å². The molecule has 1 aromatic carbocycles. The normalized spacial score (nSPS) is 28.5. The van der Waals surface area contributed by atoms with Crippen LogP contribution in [0.3, 0.4) is 0 Å². The summed E-state index contributed by atoms with van der Waals surface area (Å²) in [6.45, 7) is 7.30. The number of hydrogen-bond acceptors (Lipinski definition) is 6. The largest absolute Gasteiger partial charge is 0.445 e. The summed E-state index contributed by atoms with van der Waals surface area (Å²) < 4.78 is 17.1. The maximum atomic E-state index is 13.0. The smallest absolute Gasteiger partial charge is 0.410 e. The molecule has 1 spiro atoms. The van der Waals surface area contributed by atoms with Crippen molar-refractivity contribution >= 4 is 18.3 Å². The second-order valence-corrected chi connectivity index (χ2v) is 11.3. The molecule has 190 valence electrons. The summed E-state index contributed by atoms with van der Waals surface area (Å²) >= 11 is 0. The van der Waals surface area contributed by atoms with E-state index in [9.17, 15) is 14.4 Å². The Morgan fingerprint density at radius 3 is 2.29 bits per heavy atom. The molecule has 4 aliphatic heterocycles. The predicted molar refractivity (Wildman–Crippen MR) is 127 cm³/mol. The molecule has 2 bridgehead atoms. The Labute approximate surface area is 206 Å². The second kappa shape index (κ2) is 8.91. The zero-order chi connectivity index (χ0) is 24.8. The van der Waals surface area contributed by atoms with Gasteiger partial charge < -0.3 is 28.9 Å². The van der Waals surface area contributed by atoms with Gasteiger partial charge in [0.05, 0.1) is 6.04 Å². The summed E-state index contributed by atoms with van der Waals surface area (Å²) in [4.78, 5) is 43.3. The summed E-state index contributed by atoms with van der Waals surface area (Å²) in [6, 6.07) is 9.69. The van der Waals surface area contributed by atoms with E-state index < -0.39 is 11.2 Å². The van der Waals surface area contributed by atoms with Crippen LogP contribution in [0.4, 0.5) is 14.4 Å². The lowest BCUT2D eigenvalue weighted by molar-refractivity contribution is -0.110. The fourth-order valence-corrected chi connectivity index (χ4v) is 5.85. The van der Waals surface area contributed by atoms with Gasteiger partial charge in [-0.3, -0.25) is 0 Å². The molecule has 0 saturated carbocycles. The third-order valence-corrected chi connectivity index (χ3v) is 7.55. The van der Waals surface area contributed by atoms with Crippen LogP contribution in [0.1, 0.15) is 58.4 Å². The van der Waals surface area contributed by atoms with Gasteiger partial charge >= 0.3 is 18.3 Å². The van der Waals surface area contributed by atoms with Gasteiger partial charge in [-0.2, -0.15) is 0 Å². The van der Waals surface area contributed by atoms with Crippen molar-refractivity contribution in [1.82, 2.24) is 14.7 Å². The fraction of sp³-hybridized carbons (Fsp3) is 0.654. The first kappa shape index (κ1) is 23.8. The molecular weight excluding hydrogens is 450 g/mol. The zero-order valence-corrected chi connectivity index (χ0v) is 20.8. The maximum absolute atomic E-state index is 13.0. The van der Waals surface area contributed by atoms with Gasteiger partial charge in [-0.05, 0) is 39.2 Å². The lowest BCUT2D eigenvalue weighted by Crippen LogP contribution is -2.66. The summed E-state index contributed by atoms with van der Waals surface area (Å²) in [5.74, 6) is 0. The topological polar surface area (TPSA) is 88.6 Å². The summed E-state index contributed by atoms with van der Waals surface area (Å²) in [7, 11) is 0. The van der Waals surface area contributed by atoms with E-state index >= 15 is 0 Å². The Balaban J connectivity index is 1.13. The van der Waals surface area contributed by atoms with Gasteiger partial charge in [-0.15, -0.1) is 0 Å². The number of fused-ring (bicyclic) bond motifs is 2. The van der Waals surface area contributed by atoms with Crippen molar-refractivity contribution in [1.29, 1.82) is 0 Å². The van der Waals surface area contributed by atoms with E-state index in [-0.39, 0.29) is 43.0 Å². The number of carbonyl (C=O) groups is 3. The van der Waals surface area contributed by atoms with Gasteiger partial charge in [0.15, 0.2) is 0 Å². The molecule has 0 aromatic heterocycles. The number of carbonyl (C=O) groups excluding carboxylic acids is 3. The first-order valence-corrected chi connectivity index (χ1v) is 12.6. The molecule has 1 aromatic rings. The van der Waals surface area contributed by atoms with Crippen LogP contribution in [0.15, 0.2) is 30.3 Å². The molecule has 35 heavy (non-hydrogen) atoms. The van der Waals surface area contributed by atoms with Crippen LogP contribution in [-0.4, -0.2) is 81.9 Å². The monoisotopic (exact) mass is 485 g/mol. The molecule has 4 aliphatic rings. The summed E-state index contributed by atoms with van der Waals surface area (Å²) in [5, 5.41) is 0. The number of ether oxygens (including phenoxy) is 3. The van der Waals surface area contributed by atoms with Gasteiger partial charge in [0.2, 0.25) is 0 Å². The number of hydrogen-bond donors (Lipinski definition) is 0. The van der Waals surface area contributed by atoms with Crippen LogP contribution in [0.25, 0.3) is 0 Å². The summed E-state index contributed by atoms with van der Waals surface area (Å²) in [5.41, 5.74) is -0.102. The average Bonchev–Trinajstić information content (AvgIpc) is 3.04. The minimum atomic E-state index is -0.541. The number of likely N-dealkylation sites (tertiary alicyclic amines) is 1. The molecular formula is C26H35N3O6. The molecule has 3 amide bonds. The minimum absolute atomic E-state index is 0.0303. The van der Waals surface area contributed by atoms with Gasteiger partial charge in [0.1, 0.15) is 17.8 Å². The van der Waals surface area contributed by atoms with Crippen LogP contribution < -0.4 is 0 Å². The molecule has 0 radical (unpaired) electrons. The van der Waals surface area contributed by atoms with Crippen LogP contribution in [0, 0.1) is 0 Å². The highest BCUT2D eigenvalue weighted by atomic mass is 16.6. The average molecular weight is 486 g/mol. The second-order valence-electron chi connectivity index (χ2n) is 11.3. The Morgan fingerprint density at radius 1 is 1.03 bits per heavy atom. The third-order valence-electron chi connectivity index (χ3n) is 7.55.